The van der Waals surface area contributed by atoms with Crippen LogP contribution in [0.25, 0.3) is 0 Å². The van der Waals surface area contributed by atoms with E-state index in [-0.39, 0.29) is 138 Å². The van der Waals surface area contributed by atoms with Crippen LogP contribution in [0.1, 0.15) is 163 Å². The summed E-state index contributed by atoms with van der Waals surface area (Å²) in [5.74, 6) is -13.8. The van der Waals surface area contributed by atoms with Gasteiger partial charge in [-0.15, -0.1) is 0 Å². The lowest BCUT2D eigenvalue weighted by molar-refractivity contribution is -0.147. The van der Waals surface area contributed by atoms with Crippen molar-refractivity contribution >= 4 is 110 Å². The minimum Gasteiger partial charge on any atom is -0.508 e. The molecular formula is C75H111N15O17S2. The van der Waals surface area contributed by atoms with Gasteiger partial charge in [0, 0.05) is 57.5 Å². The van der Waals surface area contributed by atoms with Crippen LogP contribution in [0.5, 0.6) is 11.5 Å². The van der Waals surface area contributed by atoms with Crippen LogP contribution < -0.4 is 64.2 Å². The topological polar surface area (TPSA) is 465 Å². The molecule has 0 radical (unpaired) electrons. The second-order valence-corrected chi connectivity index (χ2v) is 32.9. The second-order valence-electron chi connectivity index (χ2n) is 30.3. The highest BCUT2D eigenvalue weighted by atomic mass is 33.1. The molecule has 109 heavy (non-hydrogen) atoms. The first-order valence-electron chi connectivity index (χ1n) is 38.0. The molecule has 14 atom stereocenters. The molecule has 2 aromatic rings. The van der Waals surface area contributed by atoms with Crippen molar-refractivity contribution in [3.05, 3.63) is 59.7 Å². The summed E-state index contributed by atoms with van der Waals surface area (Å²) < 4.78 is 0. The number of nitrogens with two attached hydrogens (primary N) is 1. The normalized spacial score (nSPS) is 26.3. The lowest BCUT2D eigenvalue weighted by Gasteiger charge is -2.33. The Kier molecular flexibility index (Phi) is 33.2. The smallest absolute Gasteiger partial charge is 0.246 e. The van der Waals surface area contributed by atoms with Crippen molar-refractivity contribution in [2.75, 3.05) is 37.7 Å². The molecule has 15 N–H and O–H groups in total. The largest absolute Gasteiger partial charge is 0.508 e. The number of aromatic hydroxyl groups is 2. The second kappa shape index (κ2) is 41.5. The number of primary amides is 1. The number of hydrogen-bond donors (Lipinski definition) is 14. The van der Waals surface area contributed by atoms with Gasteiger partial charge in [0.25, 0.3) is 0 Å². The predicted octanol–water partition coefficient (Wildman–Crippen LogP) is 0.479. The lowest BCUT2D eigenvalue weighted by Crippen LogP contribution is -2.61. The van der Waals surface area contributed by atoms with E-state index < -0.39 is 179 Å². The summed E-state index contributed by atoms with van der Waals surface area (Å²) in [6.45, 7) is 15.6. The Morgan fingerprint density at radius 2 is 1.00 bits per heavy atom. The molecule has 2 unspecified atom stereocenters. The quantitative estimate of drug-likeness (QED) is 0.0713. The van der Waals surface area contributed by atoms with Crippen molar-refractivity contribution in [2.24, 2.45) is 29.4 Å². The third kappa shape index (κ3) is 25.7. The standard InChI is InChI=1S/C75H111N15O17S2/c1-10-43(8)62(63(76)95)87-69(101)51(33-41(4)5)81-68(100)54-37-61(94)77-28-12-11-16-49-64(96)82-52(35-45-20-24-47(92)25-21-45)66(98)80-50(32-40(2)3)65(97)86-56(70(102)83-54)38-108-109-39-57(78-44(9)91)74(106)90-31-15-19-60(90)75(107)89-30-14-18-59(89)72(104)84-53(36-46-22-26-48(93)27-23-46)67(99)85-55(34-42(6)7)73(105)88-29-13-17-58(88)71(103)79-49/h20-27,40-43,49-60,62,92-93H,10-19,28-39H2,1-9H3,(H2,76,95)(H,77,94)(H,78,91)(H,79,103)(H,80,98)(H,81,100)(H,82,96)(H,83,102)(H,84,104)(H,85,99)(H,86,97)(H,87,101)/t43-,49-,50-,51-,52-,53?,54-,55-,56-,57?,58-,59-,60-,62-/m0/s1. The number of nitrogens with one attached hydrogen (secondary N) is 11. The number of phenolic OH excluding ortho intramolecular Hbond substituents is 2. The minimum atomic E-state index is -1.78. The van der Waals surface area contributed by atoms with Gasteiger partial charge in [-0.25, -0.2) is 0 Å². The van der Waals surface area contributed by atoms with Gasteiger partial charge in [-0.1, -0.05) is 108 Å². The molecule has 0 spiro atoms. The van der Waals surface area contributed by atoms with Gasteiger partial charge in [-0.3, -0.25) is 71.9 Å². The van der Waals surface area contributed by atoms with Crippen LogP contribution >= 0.6 is 21.6 Å². The van der Waals surface area contributed by atoms with Gasteiger partial charge in [0.05, 0.1) is 6.42 Å². The highest BCUT2D eigenvalue weighted by molar-refractivity contribution is 8.76. The Labute approximate surface area is 644 Å². The highest BCUT2D eigenvalue weighted by Crippen LogP contribution is 2.30. The van der Waals surface area contributed by atoms with Gasteiger partial charge in [-0.05, 0) is 136 Å². The number of hydrogen-bond acceptors (Lipinski definition) is 19. The summed E-state index contributed by atoms with van der Waals surface area (Å²) in [7, 11) is 1.94. The number of fused-ring (bicyclic) bond motifs is 12. The van der Waals surface area contributed by atoms with Crippen LogP contribution in [0.4, 0.5) is 0 Å². The van der Waals surface area contributed by atoms with Crippen LogP contribution in [0.3, 0.4) is 0 Å². The fourth-order valence-electron chi connectivity index (χ4n) is 14.2. The van der Waals surface area contributed by atoms with Crippen LogP contribution in [-0.2, 0) is 84.8 Å². The number of benzene rings is 2. The monoisotopic (exact) mass is 1560 g/mol. The summed E-state index contributed by atoms with van der Waals surface area (Å²) in [6.07, 6.45) is 0.911. The Bertz CT molecular complexity index is 3590. The predicted molar refractivity (Wildman–Crippen MR) is 406 cm³/mol. The number of phenols is 2. The molecule has 5 fully saturated rings. The van der Waals surface area contributed by atoms with Crippen LogP contribution in [0.15, 0.2) is 48.5 Å². The van der Waals surface area contributed by atoms with Crippen molar-refractivity contribution < 1.29 is 82.1 Å². The maximum Gasteiger partial charge on any atom is 0.246 e. The van der Waals surface area contributed by atoms with Gasteiger partial charge in [0.15, 0.2) is 0 Å². The molecule has 2 aromatic carbocycles. The molecule has 600 valence electrons. The Hall–Kier alpha value is -9.21. The van der Waals surface area contributed by atoms with E-state index in [9.17, 15) is 53.4 Å². The summed E-state index contributed by atoms with van der Waals surface area (Å²) in [5, 5.41) is 50.8. The van der Waals surface area contributed by atoms with Gasteiger partial charge in [0.1, 0.15) is 90.0 Å². The van der Waals surface area contributed by atoms with E-state index >= 15 is 28.8 Å². The van der Waals surface area contributed by atoms with Crippen molar-refractivity contribution in [1.82, 2.24) is 73.2 Å². The van der Waals surface area contributed by atoms with E-state index in [0.29, 0.717) is 36.8 Å². The van der Waals surface area contributed by atoms with E-state index in [0.717, 1.165) is 21.6 Å². The third-order valence-electron chi connectivity index (χ3n) is 20.1. The molecular weight excluding hydrogens is 1450 g/mol. The molecule has 5 aliphatic rings. The first-order chi connectivity index (χ1) is 51.7. The fraction of sp³-hybridized carbons (Fsp3) is 0.640. The third-order valence-corrected chi connectivity index (χ3v) is 22.5. The number of carbonyl (C=O) groups is 15. The molecule has 0 aliphatic carbocycles. The van der Waals surface area contributed by atoms with E-state index in [1.165, 1.54) is 58.0 Å². The lowest BCUT2D eigenvalue weighted by atomic mass is 9.97. The molecule has 5 aliphatic heterocycles. The Morgan fingerprint density at radius 3 is 1.54 bits per heavy atom. The number of nitrogens with zero attached hydrogens (tertiary/aromatic N) is 3. The van der Waals surface area contributed by atoms with E-state index in [2.05, 4.69) is 58.5 Å². The minimum absolute atomic E-state index is 0.00984. The molecule has 0 saturated carbocycles. The van der Waals surface area contributed by atoms with Crippen LogP contribution in [-0.4, -0.2) is 230 Å². The van der Waals surface area contributed by atoms with Crippen molar-refractivity contribution in [3.8, 4) is 11.5 Å². The molecule has 2 bridgehead atoms. The van der Waals surface area contributed by atoms with Crippen molar-refractivity contribution in [2.45, 2.75) is 244 Å². The molecule has 5 saturated heterocycles. The fourth-order valence-corrected chi connectivity index (χ4v) is 16.5. The van der Waals surface area contributed by atoms with Gasteiger partial charge in [-0.2, -0.15) is 0 Å². The van der Waals surface area contributed by atoms with E-state index in [1.807, 2.05) is 13.8 Å². The molecule has 0 aromatic heterocycles. The zero-order valence-electron chi connectivity index (χ0n) is 63.7. The Morgan fingerprint density at radius 1 is 0.523 bits per heavy atom. The Balaban J connectivity index is 1.34. The molecule has 5 heterocycles. The maximum absolute atomic E-state index is 15.2. The highest BCUT2D eigenvalue weighted by Gasteiger charge is 2.46. The van der Waals surface area contributed by atoms with Crippen LogP contribution in [0, 0.1) is 23.7 Å². The van der Waals surface area contributed by atoms with Gasteiger partial charge in [0.2, 0.25) is 88.6 Å². The van der Waals surface area contributed by atoms with Crippen molar-refractivity contribution in [1.29, 1.82) is 0 Å². The molecule has 15 amide bonds. The van der Waals surface area contributed by atoms with Crippen molar-refractivity contribution in [3.63, 3.8) is 0 Å². The molecule has 7 rings (SSSR count). The van der Waals surface area contributed by atoms with Crippen LogP contribution in [0.2, 0.25) is 0 Å². The zero-order chi connectivity index (χ0) is 79.9. The van der Waals surface area contributed by atoms with Gasteiger partial charge >= 0.3 is 0 Å². The number of amides is 15. The summed E-state index contributed by atoms with van der Waals surface area (Å²) in [4.78, 5) is 223. The zero-order valence-corrected chi connectivity index (χ0v) is 65.4. The van der Waals surface area contributed by atoms with E-state index in [1.54, 1.807) is 53.7 Å². The summed E-state index contributed by atoms with van der Waals surface area (Å²) >= 11 is 0. The van der Waals surface area contributed by atoms with E-state index in [4.69, 9.17) is 5.73 Å². The maximum atomic E-state index is 15.2. The first kappa shape index (κ1) is 87.0. The number of carbonyl (C=O) groups excluding carboxylic acids is 15. The average molecular weight is 1560 g/mol. The molecule has 34 heteroatoms. The van der Waals surface area contributed by atoms with Gasteiger partial charge < -0.3 is 89.1 Å². The molecule has 32 nitrogen and oxygen atoms in total. The first-order valence-corrected chi connectivity index (χ1v) is 40.5. The summed E-state index contributed by atoms with van der Waals surface area (Å²) in [5.41, 5.74) is 6.69. The number of rotatable bonds is 18. The average Bonchev–Trinajstić information content (AvgIpc) is 1.69. The summed E-state index contributed by atoms with van der Waals surface area (Å²) in [6, 6.07) is -6.07. The SMILES string of the molecule is CC[C@H](C)[C@H](NC(=O)[C@H](CC(C)C)NC(=O)[C@@H]1CC(=O)NCCCC[C@@H]2NC(=O)[C@@H]3CCCN3C(=O)[C@H](CC(C)C)NC(=O)C(Cc3ccc(O)cc3)NC(=O)[C@@H]3CCCN3C(=O)[C@@H]3CCCN3C(=O)C(NC(C)=O)CSSC[C@H](NC(=O)[C@H](CC(C)C)NC(=O)[C@H](Cc3ccc(O)cc3)NC2=O)C(=O)N1)C(N)=O.